The van der Waals surface area contributed by atoms with Gasteiger partial charge in [0.1, 0.15) is 0 Å². The molecular weight excluding hydrogens is 236 g/mol. The van der Waals surface area contributed by atoms with E-state index in [1.807, 2.05) is 12.4 Å². The van der Waals surface area contributed by atoms with Crippen molar-refractivity contribution in [3.05, 3.63) is 30.6 Å². The normalized spacial score (nSPS) is 12.9. The highest BCUT2D eigenvalue weighted by Crippen LogP contribution is 2.10. The number of nitrogens with zero attached hydrogens (tertiary/aromatic N) is 2. The minimum Gasteiger partial charge on any atom is -0.329 e. The molecule has 19 heavy (non-hydrogen) atoms. The first-order valence-electron chi connectivity index (χ1n) is 7.15. The molecule has 2 aromatic rings. The number of aromatic nitrogens is 2. The van der Waals surface area contributed by atoms with Gasteiger partial charge in [0.2, 0.25) is 0 Å². The minimum absolute atomic E-state index is 0.501. The Balaban J connectivity index is 1.76. The fourth-order valence-corrected chi connectivity index (χ4v) is 2.19. The van der Waals surface area contributed by atoms with Crippen molar-refractivity contribution in [3.63, 3.8) is 0 Å². The first-order chi connectivity index (χ1) is 9.31. The summed E-state index contributed by atoms with van der Waals surface area (Å²) in [4.78, 5) is 4.40. The van der Waals surface area contributed by atoms with E-state index >= 15 is 0 Å². The predicted octanol–water partition coefficient (Wildman–Crippen LogP) is 2.01. The van der Waals surface area contributed by atoms with Crippen molar-refractivity contribution in [1.29, 1.82) is 0 Å². The summed E-state index contributed by atoms with van der Waals surface area (Å²) in [7, 11) is 0. The second kappa shape index (κ2) is 7.26. The molecule has 0 amide bonds. The van der Waals surface area contributed by atoms with Gasteiger partial charge in [-0.05, 0) is 32.0 Å². The quantitative estimate of drug-likeness (QED) is 0.714. The van der Waals surface area contributed by atoms with Crippen molar-refractivity contribution in [3.8, 4) is 0 Å². The van der Waals surface area contributed by atoms with E-state index in [2.05, 4.69) is 52.2 Å². The Bertz CT molecular complexity index is 492. The van der Waals surface area contributed by atoms with Crippen molar-refractivity contribution in [1.82, 2.24) is 20.2 Å². The summed E-state index contributed by atoms with van der Waals surface area (Å²) in [6, 6.07) is 8.76. The third-order valence-electron chi connectivity index (χ3n) is 3.25. The van der Waals surface area contributed by atoms with Gasteiger partial charge in [-0.15, -0.1) is 0 Å². The van der Waals surface area contributed by atoms with Crippen LogP contribution in [0.5, 0.6) is 0 Å². The van der Waals surface area contributed by atoms with E-state index in [0.717, 1.165) is 31.7 Å². The summed E-state index contributed by atoms with van der Waals surface area (Å²) in [6.45, 7) is 8.45. The number of benzene rings is 1. The molecule has 0 saturated heterocycles. The summed E-state index contributed by atoms with van der Waals surface area (Å²) < 4.78 is 2.20. The van der Waals surface area contributed by atoms with E-state index in [4.69, 9.17) is 0 Å². The SMILES string of the molecule is CCCNCC(C)NCCn1cnc2ccccc21. The summed E-state index contributed by atoms with van der Waals surface area (Å²) in [5, 5.41) is 6.96. The molecule has 1 aromatic carbocycles. The smallest absolute Gasteiger partial charge is 0.0958 e. The van der Waals surface area contributed by atoms with Gasteiger partial charge in [0.15, 0.2) is 0 Å². The molecule has 0 aliphatic carbocycles. The zero-order valence-corrected chi connectivity index (χ0v) is 11.9. The molecule has 4 nitrogen and oxygen atoms in total. The van der Waals surface area contributed by atoms with Gasteiger partial charge in [-0.25, -0.2) is 4.98 Å². The maximum atomic E-state index is 4.40. The van der Waals surface area contributed by atoms with Crippen molar-refractivity contribution in [2.75, 3.05) is 19.6 Å². The number of nitrogens with one attached hydrogen (secondary N) is 2. The fraction of sp³-hybridized carbons (Fsp3) is 0.533. The van der Waals surface area contributed by atoms with E-state index in [-0.39, 0.29) is 0 Å². The van der Waals surface area contributed by atoms with Crippen LogP contribution < -0.4 is 10.6 Å². The van der Waals surface area contributed by atoms with Crippen LogP contribution in [0.3, 0.4) is 0 Å². The van der Waals surface area contributed by atoms with Gasteiger partial charge in [-0.1, -0.05) is 19.1 Å². The molecule has 0 bridgehead atoms. The van der Waals surface area contributed by atoms with Gasteiger partial charge >= 0.3 is 0 Å². The highest BCUT2D eigenvalue weighted by atomic mass is 15.1. The summed E-state index contributed by atoms with van der Waals surface area (Å²) in [6.07, 6.45) is 3.11. The molecule has 2 N–H and O–H groups in total. The van der Waals surface area contributed by atoms with Crippen molar-refractivity contribution < 1.29 is 0 Å². The van der Waals surface area contributed by atoms with Gasteiger partial charge in [0.25, 0.3) is 0 Å². The third-order valence-corrected chi connectivity index (χ3v) is 3.25. The van der Waals surface area contributed by atoms with E-state index in [9.17, 15) is 0 Å². The van der Waals surface area contributed by atoms with Crippen LogP contribution in [0.4, 0.5) is 0 Å². The minimum atomic E-state index is 0.501. The first kappa shape index (κ1) is 14.0. The number of hydrogen-bond donors (Lipinski definition) is 2. The molecule has 4 heteroatoms. The molecule has 1 atom stereocenters. The predicted molar refractivity (Wildman–Crippen MR) is 80.4 cm³/mol. The zero-order valence-electron chi connectivity index (χ0n) is 11.9. The number of para-hydroxylation sites is 2. The topological polar surface area (TPSA) is 41.9 Å². The van der Waals surface area contributed by atoms with E-state index in [1.165, 1.54) is 11.9 Å². The van der Waals surface area contributed by atoms with Crippen molar-refractivity contribution >= 4 is 11.0 Å². The Hall–Kier alpha value is -1.39. The Morgan fingerprint density at radius 1 is 1.26 bits per heavy atom. The second-order valence-corrected chi connectivity index (χ2v) is 4.99. The monoisotopic (exact) mass is 260 g/mol. The largest absolute Gasteiger partial charge is 0.329 e. The lowest BCUT2D eigenvalue weighted by Gasteiger charge is -2.14. The molecule has 0 radical (unpaired) electrons. The molecule has 0 spiro atoms. The Labute approximate surface area is 115 Å². The van der Waals surface area contributed by atoms with Crippen LogP contribution in [0.25, 0.3) is 11.0 Å². The molecule has 0 aliphatic heterocycles. The summed E-state index contributed by atoms with van der Waals surface area (Å²) in [5.74, 6) is 0. The third kappa shape index (κ3) is 4.04. The number of rotatable bonds is 8. The molecule has 0 aliphatic rings. The highest BCUT2D eigenvalue weighted by Gasteiger charge is 2.02. The van der Waals surface area contributed by atoms with Gasteiger partial charge in [-0.3, -0.25) is 0 Å². The highest BCUT2D eigenvalue weighted by molar-refractivity contribution is 5.74. The Morgan fingerprint density at radius 3 is 2.95 bits per heavy atom. The Kier molecular flexibility index (Phi) is 5.36. The van der Waals surface area contributed by atoms with Crippen LogP contribution in [-0.2, 0) is 6.54 Å². The summed E-state index contributed by atoms with van der Waals surface area (Å²) >= 11 is 0. The maximum absolute atomic E-state index is 4.40. The lowest BCUT2D eigenvalue weighted by atomic mass is 10.3. The standard InChI is InChI=1S/C15H24N4/c1-3-8-16-11-13(2)17-9-10-19-12-18-14-6-4-5-7-15(14)19/h4-7,12-13,16-17H,3,8-11H2,1-2H3. The van der Waals surface area contributed by atoms with E-state index in [0.29, 0.717) is 6.04 Å². The van der Waals surface area contributed by atoms with Crippen LogP contribution in [0.15, 0.2) is 30.6 Å². The molecule has 1 heterocycles. The van der Waals surface area contributed by atoms with Crippen LogP contribution in [-0.4, -0.2) is 35.2 Å². The summed E-state index contributed by atoms with van der Waals surface area (Å²) in [5.41, 5.74) is 2.28. The van der Waals surface area contributed by atoms with Crippen LogP contribution in [0.2, 0.25) is 0 Å². The first-order valence-corrected chi connectivity index (χ1v) is 7.15. The van der Waals surface area contributed by atoms with E-state index in [1.54, 1.807) is 0 Å². The lowest BCUT2D eigenvalue weighted by molar-refractivity contribution is 0.485. The average Bonchev–Trinajstić information content (AvgIpc) is 2.83. The van der Waals surface area contributed by atoms with Crippen molar-refractivity contribution in [2.45, 2.75) is 32.9 Å². The molecular formula is C15H24N4. The lowest BCUT2D eigenvalue weighted by Crippen LogP contribution is -2.38. The Morgan fingerprint density at radius 2 is 2.11 bits per heavy atom. The van der Waals surface area contributed by atoms with Gasteiger partial charge in [0, 0.05) is 25.7 Å². The second-order valence-electron chi connectivity index (χ2n) is 4.99. The molecule has 1 aromatic heterocycles. The molecule has 0 fully saturated rings. The number of fused-ring (bicyclic) bond motifs is 1. The molecule has 0 saturated carbocycles. The molecule has 2 rings (SSSR count). The fourth-order valence-electron chi connectivity index (χ4n) is 2.19. The van der Waals surface area contributed by atoms with E-state index < -0.39 is 0 Å². The van der Waals surface area contributed by atoms with Crippen LogP contribution in [0, 0.1) is 0 Å². The number of imidazole rings is 1. The van der Waals surface area contributed by atoms with Gasteiger partial charge < -0.3 is 15.2 Å². The van der Waals surface area contributed by atoms with Gasteiger partial charge in [0.05, 0.1) is 17.4 Å². The maximum Gasteiger partial charge on any atom is 0.0958 e. The number of hydrogen-bond acceptors (Lipinski definition) is 3. The molecule has 104 valence electrons. The average molecular weight is 260 g/mol. The van der Waals surface area contributed by atoms with Crippen LogP contribution >= 0.6 is 0 Å². The zero-order chi connectivity index (χ0) is 13.5. The van der Waals surface area contributed by atoms with Crippen molar-refractivity contribution in [2.24, 2.45) is 0 Å². The molecule has 1 unspecified atom stereocenters. The van der Waals surface area contributed by atoms with Gasteiger partial charge in [-0.2, -0.15) is 0 Å². The van der Waals surface area contributed by atoms with Crippen LogP contribution in [0.1, 0.15) is 20.3 Å².